The predicted molar refractivity (Wildman–Crippen MR) is 109 cm³/mol. The number of benzene rings is 2. The van der Waals surface area contributed by atoms with Crippen LogP contribution in [0.3, 0.4) is 0 Å². The molecule has 150 valence electrons. The maximum atomic E-state index is 12.5. The Hall–Kier alpha value is -3.39. The monoisotopic (exact) mass is 412 g/mol. The van der Waals surface area contributed by atoms with Crippen LogP contribution in [0.25, 0.3) is 0 Å². The lowest BCUT2D eigenvalue weighted by Crippen LogP contribution is -2.12. The number of aromatic nitrogens is 1. The van der Waals surface area contributed by atoms with Crippen LogP contribution in [0.15, 0.2) is 71.9 Å². The zero-order valence-electron chi connectivity index (χ0n) is 16.0. The molecule has 7 nitrogen and oxygen atoms in total. The summed E-state index contributed by atoms with van der Waals surface area (Å²) in [5.74, 6) is 0.638. The summed E-state index contributed by atoms with van der Waals surface area (Å²) in [4.78, 5) is 16.7. The van der Waals surface area contributed by atoms with Gasteiger partial charge in [0.2, 0.25) is 0 Å². The van der Waals surface area contributed by atoms with Gasteiger partial charge < -0.3 is 14.8 Å². The summed E-state index contributed by atoms with van der Waals surface area (Å²) in [6.45, 7) is 0.300. The summed E-state index contributed by atoms with van der Waals surface area (Å²) in [7, 11) is -1.78. The van der Waals surface area contributed by atoms with Crippen molar-refractivity contribution in [2.45, 2.75) is 11.5 Å². The molecule has 0 radical (unpaired) electrons. The van der Waals surface area contributed by atoms with E-state index >= 15 is 0 Å². The Kier molecular flexibility index (Phi) is 6.13. The van der Waals surface area contributed by atoms with Crippen LogP contribution in [0, 0.1) is 0 Å². The number of hydrogen-bond donors (Lipinski definition) is 1. The SMILES string of the molecule is COc1ccc(NC(=O)c2ccc(S(C)(=O)=O)cc2)cc1OCc1cccnc1. The molecule has 0 aliphatic rings. The molecule has 0 spiro atoms. The summed E-state index contributed by atoms with van der Waals surface area (Å²) in [6.07, 6.45) is 4.51. The summed E-state index contributed by atoms with van der Waals surface area (Å²) >= 11 is 0. The van der Waals surface area contributed by atoms with Gasteiger partial charge in [0.05, 0.1) is 12.0 Å². The van der Waals surface area contributed by atoms with Gasteiger partial charge in [-0.3, -0.25) is 9.78 Å². The van der Waals surface area contributed by atoms with Crippen LogP contribution in [-0.4, -0.2) is 32.7 Å². The number of ether oxygens (including phenoxy) is 2. The van der Waals surface area contributed by atoms with E-state index in [0.29, 0.717) is 29.4 Å². The maximum Gasteiger partial charge on any atom is 0.255 e. The predicted octanol–water partition coefficient (Wildman–Crippen LogP) is 3.33. The van der Waals surface area contributed by atoms with E-state index in [4.69, 9.17) is 9.47 Å². The fourth-order valence-corrected chi connectivity index (χ4v) is 3.20. The lowest BCUT2D eigenvalue weighted by molar-refractivity contribution is 0.102. The number of sulfone groups is 1. The molecular formula is C21H20N2O5S. The molecule has 1 amide bonds. The van der Waals surface area contributed by atoms with E-state index in [1.807, 2.05) is 12.1 Å². The summed E-state index contributed by atoms with van der Waals surface area (Å²) in [5, 5.41) is 2.77. The van der Waals surface area contributed by atoms with Gasteiger partial charge >= 0.3 is 0 Å². The van der Waals surface area contributed by atoms with Crippen molar-refractivity contribution in [2.75, 3.05) is 18.7 Å². The summed E-state index contributed by atoms with van der Waals surface area (Å²) in [5.41, 5.74) is 1.75. The van der Waals surface area contributed by atoms with Gasteiger partial charge in [-0.15, -0.1) is 0 Å². The molecule has 1 aromatic heterocycles. The second-order valence-electron chi connectivity index (χ2n) is 6.27. The number of nitrogens with zero attached hydrogens (tertiary/aromatic N) is 1. The van der Waals surface area contributed by atoms with Crippen molar-refractivity contribution in [3.8, 4) is 11.5 Å². The van der Waals surface area contributed by atoms with Crippen molar-refractivity contribution in [3.63, 3.8) is 0 Å². The molecule has 0 saturated carbocycles. The quantitative estimate of drug-likeness (QED) is 0.640. The van der Waals surface area contributed by atoms with Crippen molar-refractivity contribution in [3.05, 3.63) is 78.1 Å². The number of pyridine rings is 1. The lowest BCUT2D eigenvalue weighted by Gasteiger charge is -2.13. The molecule has 8 heteroatoms. The molecular weight excluding hydrogens is 392 g/mol. The maximum absolute atomic E-state index is 12.5. The van der Waals surface area contributed by atoms with Crippen molar-refractivity contribution in [1.82, 2.24) is 4.98 Å². The third kappa shape index (κ3) is 5.32. The average Bonchev–Trinajstić information content (AvgIpc) is 2.72. The Morgan fingerprint density at radius 1 is 1.07 bits per heavy atom. The zero-order valence-corrected chi connectivity index (χ0v) is 16.8. The van der Waals surface area contributed by atoms with Gasteiger partial charge in [-0.25, -0.2) is 8.42 Å². The molecule has 0 atom stereocenters. The van der Waals surface area contributed by atoms with E-state index < -0.39 is 9.84 Å². The van der Waals surface area contributed by atoms with Crippen molar-refractivity contribution < 1.29 is 22.7 Å². The number of amides is 1. The zero-order chi connectivity index (χ0) is 20.9. The van der Waals surface area contributed by atoms with Gasteiger partial charge in [0.1, 0.15) is 6.61 Å². The molecule has 0 unspecified atom stereocenters. The Morgan fingerprint density at radius 3 is 2.45 bits per heavy atom. The smallest absolute Gasteiger partial charge is 0.255 e. The number of carbonyl (C=O) groups is 1. The second-order valence-corrected chi connectivity index (χ2v) is 8.28. The highest BCUT2D eigenvalue weighted by Crippen LogP contribution is 2.31. The molecule has 29 heavy (non-hydrogen) atoms. The molecule has 1 N–H and O–H groups in total. The molecule has 0 aliphatic heterocycles. The van der Waals surface area contributed by atoms with Crippen LogP contribution in [-0.2, 0) is 16.4 Å². The van der Waals surface area contributed by atoms with E-state index in [1.54, 1.807) is 30.6 Å². The number of nitrogens with one attached hydrogen (secondary N) is 1. The van der Waals surface area contributed by atoms with Gasteiger partial charge in [-0.05, 0) is 42.5 Å². The van der Waals surface area contributed by atoms with Crippen LogP contribution < -0.4 is 14.8 Å². The topological polar surface area (TPSA) is 94.6 Å². The number of hydrogen-bond acceptors (Lipinski definition) is 6. The minimum atomic E-state index is -3.31. The third-order valence-electron chi connectivity index (χ3n) is 4.08. The highest BCUT2D eigenvalue weighted by Gasteiger charge is 2.12. The largest absolute Gasteiger partial charge is 0.493 e. The summed E-state index contributed by atoms with van der Waals surface area (Å²) < 4.78 is 34.2. The fourth-order valence-electron chi connectivity index (χ4n) is 2.57. The third-order valence-corrected chi connectivity index (χ3v) is 5.21. The van der Waals surface area contributed by atoms with Crippen LogP contribution in [0.4, 0.5) is 5.69 Å². The Bertz CT molecular complexity index is 1100. The van der Waals surface area contributed by atoms with E-state index in [9.17, 15) is 13.2 Å². The van der Waals surface area contributed by atoms with Crippen molar-refractivity contribution in [2.24, 2.45) is 0 Å². The first-order chi connectivity index (χ1) is 13.9. The van der Waals surface area contributed by atoms with Gasteiger partial charge in [-0.2, -0.15) is 0 Å². The van der Waals surface area contributed by atoms with E-state index in [0.717, 1.165) is 11.8 Å². The van der Waals surface area contributed by atoms with E-state index in [2.05, 4.69) is 10.3 Å². The minimum Gasteiger partial charge on any atom is -0.493 e. The van der Waals surface area contributed by atoms with E-state index in [-0.39, 0.29) is 10.8 Å². The second kappa shape index (κ2) is 8.74. The first kappa shape index (κ1) is 20.3. The van der Waals surface area contributed by atoms with Crippen molar-refractivity contribution in [1.29, 1.82) is 0 Å². The van der Waals surface area contributed by atoms with Gasteiger partial charge in [0.25, 0.3) is 5.91 Å². The molecule has 0 aliphatic carbocycles. The van der Waals surface area contributed by atoms with Gasteiger partial charge in [-0.1, -0.05) is 6.07 Å². The molecule has 0 bridgehead atoms. The van der Waals surface area contributed by atoms with Crippen LogP contribution in [0.5, 0.6) is 11.5 Å². The normalized spacial score (nSPS) is 11.0. The number of rotatable bonds is 7. The van der Waals surface area contributed by atoms with Crippen LogP contribution in [0.1, 0.15) is 15.9 Å². The number of methoxy groups -OCH3 is 1. The van der Waals surface area contributed by atoms with Crippen LogP contribution >= 0.6 is 0 Å². The Labute approximate surface area is 169 Å². The molecule has 3 aromatic rings. The highest BCUT2D eigenvalue weighted by atomic mass is 32.2. The molecule has 3 rings (SSSR count). The Morgan fingerprint density at radius 2 is 1.83 bits per heavy atom. The first-order valence-electron chi connectivity index (χ1n) is 8.68. The summed E-state index contributed by atoms with van der Waals surface area (Å²) in [6, 6.07) is 14.5. The first-order valence-corrected chi connectivity index (χ1v) is 10.6. The van der Waals surface area contributed by atoms with Gasteiger partial charge in [0.15, 0.2) is 21.3 Å². The number of anilines is 1. The van der Waals surface area contributed by atoms with Crippen molar-refractivity contribution >= 4 is 21.4 Å². The van der Waals surface area contributed by atoms with Gasteiger partial charge in [0, 0.05) is 41.5 Å². The fraction of sp³-hybridized carbons (Fsp3) is 0.143. The lowest BCUT2D eigenvalue weighted by atomic mass is 10.2. The standard InChI is InChI=1S/C21H20N2O5S/c1-27-19-10-7-17(12-20(19)28-14-15-4-3-11-22-13-15)23-21(24)16-5-8-18(9-6-16)29(2,25)26/h3-13H,14H2,1-2H3,(H,23,24). The molecule has 0 fully saturated rings. The Balaban J connectivity index is 1.74. The minimum absolute atomic E-state index is 0.157. The number of carbonyl (C=O) groups excluding carboxylic acids is 1. The molecule has 1 heterocycles. The van der Waals surface area contributed by atoms with E-state index in [1.165, 1.54) is 31.4 Å². The highest BCUT2D eigenvalue weighted by molar-refractivity contribution is 7.90. The average molecular weight is 412 g/mol. The molecule has 0 saturated heterocycles. The van der Waals surface area contributed by atoms with Crippen LogP contribution in [0.2, 0.25) is 0 Å². The molecule has 2 aromatic carbocycles.